The molecule has 0 radical (unpaired) electrons. The van der Waals surface area contributed by atoms with Gasteiger partial charge >= 0.3 is 11.9 Å². The second-order valence-corrected chi connectivity index (χ2v) is 4.53. The van der Waals surface area contributed by atoms with Crippen molar-refractivity contribution in [2.45, 2.75) is 66.2 Å². The van der Waals surface area contributed by atoms with E-state index >= 15 is 0 Å². The summed E-state index contributed by atoms with van der Waals surface area (Å²) in [6.07, 6.45) is 4.96. The maximum absolute atomic E-state index is 11.8. The number of hydrogen-bond donors (Lipinski definition) is 0. The summed E-state index contributed by atoms with van der Waals surface area (Å²) < 4.78 is 4.98. The minimum atomic E-state index is -0.339. The van der Waals surface area contributed by atoms with Crippen molar-refractivity contribution < 1.29 is 14.3 Å². The molecular weight excluding hydrogens is 216 g/mol. The van der Waals surface area contributed by atoms with Gasteiger partial charge in [0.15, 0.2) is 0 Å². The Balaban J connectivity index is 4.29. The minimum Gasteiger partial charge on any atom is -0.393 e. The van der Waals surface area contributed by atoms with E-state index in [1.807, 2.05) is 27.7 Å². The van der Waals surface area contributed by atoms with Gasteiger partial charge < -0.3 is 4.74 Å². The quantitative estimate of drug-likeness (QED) is 0.481. The maximum Gasteiger partial charge on any atom is 0.316 e. The summed E-state index contributed by atoms with van der Waals surface area (Å²) in [6, 6.07) is 0. The predicted octanol–water partition coefficient (Wildman–Crippen LogP) is 3.71. The number of ether oxygens (including phenoxy) is 1. The van der Waals surface area contributed by atoms with E-state index in [1.54, 1.807) is 0 Å². The van der Waals surface area contributed by atoms with Crippen LogP contribution in [-0.4, -0.2) is 11.9 Å². The molecule has 0 aromatic heterocycles. The standard InChI is InChI=1S/C14H26O3/c1-5-9-11(7-3)13(15)17-14(16)12(8-4)10-6-2/h11-12H,5-10H2,1-4H3. The van der Waals surface area contributed by atoms with Crippen molar-refractivity contribution in [2.75, 3.05) is 0 Å². The van der Waals surface area contributed by atoms with Gasteiger partial charge in [0, 0.05) is 0 Å². The Labute approximate surface area is 105 Å². The van der Waals surface area contributed by atoms with Crippen molar-refractivity contribution in [3.8, 4) is 0 Å². The lowest BCUT2D eigenvalue weighted by Crippen LogP contribution is -2.25. The Morgan fingerprint density at radius 1 is 0.824 bits per heavy atom. The molecule has 0 saturated heterocycles. The Hall–Kier alpha value is -0.860. The highest BCUT2D eigenvalue weighted by molar-refractivity contribution is 5.87. The molecule has 0 saturated carbocycles. The van der Waals surface area contributed by atoms with Crippen LogP contribution in [0.3, 0.4) is 0 Å². The van der Waals surface area contributed by atoms with Crippen LogP contribution in [0.2, 0.25) is 0 Å². The molecule has 0 aliphatic rings. The SMILES string of the molecule is CCCC(CC)C(=O)OC(=O)C(CC)CCC. The fraction of sp³-hybridized carbons (Fsp3) is 0.857. The molecule has 0 rings (SSSR count). The van der Waals surface area contributed by atoms with Crippen LogP contribution in [0.1, 0.15) is 66.2 Å². The van der Waals surface area contributed by atoms with Crippen LogP contribution in [0.4, 0.5) is 0 Å². The Kier molecular flexibility index (Phi) is 8.73. The molecule has 0 aromatic rings. The highest BCUT2D eigenvalue weighted by Crippen LogP contribution is 2.17. The van der Waals surface area contributed by atoms with Gasteiger partial charge in [-0.25, -0.2) is 0 Å². The van der Waals surface area contributed by atoms with Crippen LogP contribution in [0, 0.1) is 11.8 Å². The van der Waals surface area contributed by atoms with Gasteiger partial charge in [-0.15, -0.1) is 0 Å². The van der Waals surface area contributed by atoms with Gasteiger partial charge in [0.1, 0.15) is 0 Å². The van der Waals surface area contributed by atoms with Crippen molar-refractivity contribution in [1.29, 1.82) is 0 Å². The zero-order chi connectivity index (χ0) is 13.3. The third-order valence-electron chi connectivity index (χ3n) is 3.13. The van der Waals surface area contributed by atoms with Gasteiger partial charge in [0.05, 0.1) is 11.8 Å². The maximum atomic E-state index is 11.8. The molecule has 2 unspecified atom stereocenters. The van der Waals surface area contributed by atoms with E-state index < -0.39 is 0 Å². The summed E-state index contributed by atoms with van der Waals surface area (Å²) in [5, 5.41) is 0. The molecule has 3 heteroatoms. The summed E-state index contributed by atoms with van der Waals surface area (Å²) in [6.45, 7) is 7.97. The number of hydrogen-bond acceptors (Lipinski definition) is 3. The second-order valence-electron chi connectivity index (χ2n) is 4.53. The van der Waals surface area contributed by atoms with Gasteiger partial charge in [0.2, 0.25) is 0 Å². The lowest BCUT2D eigenvalue weighted by molar-refractivity contribution is -0.166. The van der Waals surface area contributed by atoms with Gasteiger partial charge in [-0.05, 0) is 25.7 Å². The molecule has 0 fully saturated rings. The predicted molar refractivity (Wildman–Crippen MR) is 68.5 cm³/mol. The van der Waals surface area contributed by atoms with Crippen molar-refractivity contribution in [3.05, 3.63) is 0 Å². The first-order valence-corrected chi connectivity index (χ1v) is 6.86. The van der Waals surface area contributed by atoms with Crippen LogP contribution in [0.25, 0.3) is 0 Å². The zero-order valence-corrected chi connectivity index (χ0v) is 11.6. The van der Waals surface area contributed by atoms with Crippen molar-refractivity contribution in [3.63, 3.8) is 0 Å². The Morgan fingerprint density at radius 3 is 1.41 bits per heavy atom. The van der Waals surface area contributed by atoms with Crippen LogP contribution < -0.4 is 0 Å². The third-order valence-corrected chi connectivity index (χ3v) is 3.13. The van der Waals surface area contributed by atoms with E-state index in [0.29, 0.717) is 0 Å². The first-order chi connectivity index (χ1) is 8.10. The van der Waals surface area contributed by atoms with Gasteiger partial charge in [-0.2, -0.15) is 0 Å². The fourth-order valence-electron chi connectivity index (χ4n) is 1.94. The summed E-state index contributed by atoms with van der Waals surface area (Å²) in [4.78, 5) is 23.5. The summed E-state index contributed by atoms with van der Waals surface area (Å²) >= 11 is 0. The van der Waals surface area contributed by atoms with E-state index in [9.17, 15) is 9.59 Å². The Morgan fingerprint density at radius 2 is 1.18 bits per heavy atom. The highest BCUT2D eigenvalue weighted by atomic mass is 16.6. The summed E-state index contributed by atoms with van der Waals surface area (Å²) in [5.41, 5.74) is 0. The first-order valence-electron chi connectivity index (χ1n) is 6.86. The average Bonchev–Trinajstić information content (AvgIpc) is 2.32. The van der Waals surface area contributed by atoms with Gasteiger partial charge in [-0.3, -0.25) is 9.59 Å². The van der Waals surface area contributed by atoms with Crippen LogP contribution in [0.5, 0.6) is 0 Å². The monoisotopic (exact) mass is 242 g/mol. The highest BCUT2D eigenvalue weighted by Gasteiger charge is 2.24. The second kappa shape index (κ2) is 9.20. The lowest BCUT2D eigenvalue weighted by Gasteiger charge is -2.15. The lowest BCUT2D eigenvalue weighted by atomic mass is 9.99. The summed E-state index contributed by atoms with van der Waals surface area (Å²) in [7, 11) is 0. The molecule has 100 valence electrons. The van der Waals surface area contributed by atoms with Crippen LogP contribution >= 0.6 is 0 Å². The molecule has 0 aliphatic heterocycles. The molecule has 3 nitrogen and oxygen atoms in total. The first kappa shape index (κ1) is 16.1. The van der Waals surface area contributed by atoms with E-state index in [1.165, 1.54) is 0 Å². The van der Waals surface area contributed by atoms with E-state index in [-0.39, 0.29) is 23.8 Å². The number of esters is 2. The number of carbonyl (C=O) groups is 2. The molecule has 0 amide bonds. The smallest absolute Gasteiger partial charge is 0.316 e. The molecule has 0 aromatic carbocycles. The molecule has 0 spiro atoms. The van der Waals surface area contributed by atoms with Crippen molar-refractivity contribution in [1.82, 2.24) is 0 Å². The molecular formula is C14H26O3. The van der Waals surface area contributed by atoms with E-state index in [2.05, 4.69) is 0 Å². The molecule has 0 aliphatic carbocycles. The molecule has 0 bridgehead atoms. The van der Waals surface area contributed by atoms with Crippen molar-refractivity contribution in [2.24, 2.45) is 11.8 Å². The third kappa shape index (κ3) is 5.85. The van der Waals surface area contributed by atoms with Crippen molar-refractivity contribution >= 4 is 11.9 Å². The zero-order valence-electron chi connectivity index (χ0n) is 11.6. The average molecular weight is 242 g/mol. The van der Waals surface area contributed by atoms with Gasteiger partial charge in [-0.1, -0.05) is 40.5 Å². The Bertz CT molecular complexity index is 212. The molecule has 0 N–H and O–H groups in total. The van der Waals surface area contributed by atoms with E-state index in [0.717, 1.165) is 38.5 Å². The number of carbonyl (C=O) groups excluding carboxylic acids is 2. The van der Waals surface area contributed by atoms with Crippen LogP contribution in [0.15, 0.2) is 0 Å². The van der Waals surface area contributed by atoms with E-state index in [4.69, 9.17) is 4.74 Å². The van der Waals surface area contributed by atoms with Gasteiger partial charge in [0.25, 0.3) is 0 Å². The van der Waals surface area contributed by atoms with Crippen LogP contribution in [-0.2, 0) is 14.3 Å². The minimum absolute atomic E-state index is 0.122. The normalized spacial score (nSPS) is 14.1. The largest absolute Gasteiger partial charge is 0.393 e. The molecule has 17 heavy (non-hydrogen) atoms. The topological polar surface area (TPSA) is 43.4 Å². The molecule has 2 atom stereocenters. The number of rotatable bonds is 8. The fourth-order valence-corrected chi connectivity index (χ4v) is 1.94. The summed E-state index contributed by atoms with van der Waals surface area (Å²) in [5.74, 6) is -0.922. The molecule has 0 heterocycles.